The molecular formula is C15H12Cl2N4O. The molecule has 0 saturated heterocycles. The molecular weight excluding hydrogens is 323 g/mol. The number of halogens is 2. The molecule has 0 fully saturated rings. The fourth-order valence-electron chi connectivity index (χ4n) is 2.18. The maximum absolute atomic E-state index is 12.3. The average molecular weight is 335 g/mol. The van der Waals surface area contributed by atoms with E-state index in [1.165, 1.54) is 0 Å². The fourth-order valence-corrected chi connectivity index (χ4v) is 2.70. The van der Waals surface area contributed by atoms with Crippen molar-refractivity contribution in [3.63, 3.8) is 0 Å². The molecule has 1 N–H and O–H groups in total. The first-order valence-electron chi connectivity index (χ1n) is 6.54. The number of aromatic nitrogens is 3. The largest absolute Gasteiger partial charge is 0.321 e. The van der Waals surface area contributed by atoms with E-state index in [0.29, 0.717) is 27.1 Å². The molecule has 0 aliphatic rings. The number of hydrogen-bond donors (Lipinski definition) is 1. The van der Waals surface area contributed by atoms with Gasteiger partial charge in [0, 0.05) is 27.5 Å². The first kappa shape index (κ1) is 14.8. The number of rotatable bonds is 2. The van der Waals surface area contributed by atoms with Gasteiger partial charge < -0.3 is 5.32 Å². The Balaban J connectivity index is 1.94. The number of nitrogens with zero attached hydrogens (tertiary/aromatic N) is 3. The first-order chi connectivity index (χ1) is 10.4. The SMILES string of the molecule is Cc1cc2nc(C(=O)Nc3cc(Cl)cc(Cl)c3)cc(C)n2n1. The van der Waals surface area contributed by atoms with Crippen LogP contribution in [0.15, 0.2) is 30.3 Å². The van der Waals surface area contributed by atoms with Crippen molar-refractivity contribution in [3.05, 3.63) is 57.5 Å². The molecule has 5 nitrogen and oxygen atoms in total. The summed E-state index contributed by atoms with van der Waals surface area (Å²) in [5.74, 6) is -0.331. The van der Waals surface area contributed by atoms with Gasteiger partial charge in [0.05, 0.1) is 5.69 Å². The Kier molecular flexibility index (Phi) is 3.76. The van der Waals surface area contributed by atoms with Crippen molar-refractivity contribution < 1.29 is 4.79 Å². The van der Waals surface area contributed by atoms with E-state index in [1.54, 1.807) is 28.8 Å². The Hall–Kier alpha value is -2.11. The lowest BCUT2D eigenvalue weighted by Gasteiger charge is -2.07. The zero-order chi connectivity index (χ0) is 15.9. The Bertz CT molecular complexity index is 868. The average Bonchev–Trinajstić information content (AvgIpc) is 2.78. The predicted octanol–water partition coefficient (Wildman–Crippen LogP) is 3.91. The van der Waals surface area contributed by atoms with Crippen LogP contribution in [0.3, 0.4) is 0 Å². The van der Waals surface area contributed by atoms with Gasteiger partial charge in [0.25, 0.3) is 5.91 Å². The summed E-state index contributed by atoms with van der Waals surface area (Å²) in [5.41, 5.74) is 3.13. The summed E-state index contributed by atoms with van der Waals surface area (Å²) in [6.45, 7) is 3.75. The second-order valence-corrected chi connectivity index (χ2v) is 5.82. The monoisotopic (exact) mass is 334 g/mol. The van der Waals surface area contributed by atoms with Gasteiger partial charge >= 0.3 is 0 Å². The van der Waals surface area contributed by atoms with E-state index < -0.39 is 0 Å². The number of hydrogen-bond acceptors (Lipinski definition) is 3. The van der Waals surface area contributed by atoms with Crippen LogP contribution >= 0.6 is 23.2 Å². The summed E-state index contributed by atoms with van der Waals surface area (Å²) >= 11 is 11.8. The molecule has 3 rings (SSSR count). The highest BCUT2D eigenvalue weighted by Crippen LogP contribution is 2.23. The lowest BCUT2D eigenvalue weighted by atomic mass is 10.2. The zero-order valence-corrected chi connectivity index (χ0v) is 13.4. The van der Waals surface area contributed by atoms with Crippen LogP contribution in [0.5, 0.6) is 0 Å². The van der Waals surface area contributed by atoms with Crippen molar-refractivity contribution >= 4 is 40.4 Å². The van der Waals surface area contributed by atoms with Crippen LogP contribution in [-0.2, 0) is 0 Å². The normalized spacial score (nSPS) is 10.9. The van der Waals surface area contributed by atoms with Crippen LogP contribution in [0.25, 0.3) is 5.65 Å². The molecule has 0 spiro atoms. The molecule has 22 heavy (non-hydrogen) atoms. The minimum Gasteiger partial charge on any atom is -0.321 e. The van der Waals surface area contributed by atoms with Gasteiger partial charge in [0.2, 0.25) is 0 Å². The van der Waals surface area contributed by atoms with Crippen molar-refractivity contribution in [1.82, 2.24) is 14.6 Å². The second kappa shape index (κ2) is 5.59. The van der Waals surface area contributed by atoms with Crippen molar-refractivity contribution in [2.24, 2.45) is 0 Å². The third-order valence-corrected chi connectivity index (χ3v) is 3.52. The van der Waals surface area contributed by atoms with Crippen LogP contribution in [0.1, 0.15) is 21.9 Å². The van der Waals surface area contributed by atoms with E-state index >= 15 is 0 Å². The molecule has 0 unspecified atom stereocenters. The summed E-state index contributed by atoms with van der Waals surface area (Å²) in [6, 6.07) is 8.35. The summed E-state index contributed by atoms with van der Waals surface area (Å²) in [7, 11) is 0. The lowest BCUT2D eigenvalue weighted by Crippen LogP contribution is -2.15. The lowest BCUT2D eigenvalue weighted by molar-refractivity contribution is 0.102. The molecule has 0 radical (unpaired) electrons. The topological polar surface area (TPSA) is 59.3 Å². The van der Waals surface area contributed by atoms with Gasteiger partial charge in [-0.25, -0.2) is 9.50 Å². The van der Waals surface area contributed by atoms with Crippen LogP contribution in [-0.4, -0.2) is 20.5 Å². The number of aryl methyl sites for hydroxylation is 2. The molecule has 2 aromatic heterocycles. The van der Waals surface area contributed by atoms with Crippen LogP contribution < -0.4 is 5.32 Å². The number of carbonyl (C=O) groups excluding carboxylic acids is 1. The van der Waals surface area contributed by atoms with E-state index in [-0.39, 0.29) is 5.91 Å². The molecule has 1 aromatic carbocycles. The maximum Gasteiger partial charge on any atom is 0.274 e. The highest BCUT2D eigenvalue weighted by molar-refractivity contribution is 6.35. The summed E-state index contributed by atoms with van der Waals surface area (Å²) in [5, 5.41) is 7.95. The molecule has 2 heterocycles. The Morgan fingerprint density at radius 2 is 1.77 bits per heavy atom. The number of amides is 1. The number of fused-ring (bicyclic) bond motifs is 1. The summed E-state index contributed by atoms with van der Waals surface area (Å²) in [4.78, 5) is 16.7. The van der Waals surface area contributed by atoms with E-state index in [0.717, 1.165) is 11.4 Å². The molecule has 7 heteroatoms. The number of carbonyl (C=O) groups is 1. The van der Waals surface area contributed by atoms with Crippen LogP contribution in [0.2, 0.25) is 10.0 Å². The molecule has 0 bridgehead atoms. The first-order valence-corrected chi connectivity index (χ1v) is 7.29. The molecule has 0 atom stereocenters. The van der Waals surface area contributed by atoms with E-state index in [1.807, 2.05) is 19.9 Å². The number of anilines is 1. The maximum atomic E-state index is 12.3. The van der Waals surface area contributed by atoms with Crippen molar-refractivity contribution in [2.45, 2.75) is 13.8 Å². The molecule has 0 aliphatic heterocycles. The fraction of sp³-hybridized carbons (Fsp3) is 0.133. The molecule has 0 aliphatic carbocycles. The predicted molar refractivity (Wildman–Crippen MR) is 86.9 cm³/mol. The third-order valence-electron chi connectivity index (χ3n) is 3.08. The van der Waals surface area contributed by atoms with Gasteiger partial charge in [-0.05, 0) is 38.1 Å². The van der Waals surface area contributed by atoms with Gasteiger partial charge in [0.15, 0.2) is 5.65 Å². The number of nitrogens with one attached hydrogen (secondary N) is 1. The third kappa shape index (κ3) is 2.91. The van der Waals surface area contributed by atoms with Crippen LogP contribution in [0.4, 0.5) is 5.69 Å². The quantitative estimate of drug-likeness (QED) is 0.772. The zero-order valence-electron chi connectivity index (χ0n) is 11.9. The van der Waals surface area contributed by atoms with Crippen molar-refractivity contribution in [1.29, 1.82) is 0 Å². The Morgan fingerprint density at radius 3 is 2.45 bits per heavy atom. The molecule has 112 valence electrons. The van der Waals surface area contributed by atoms with Crippen molar-refractivity contribution in [3.8, 4) is 0 Å². The van der Waals surface area contributed by atoms with Crippen LogP contribution in [0, 0.1) is 13.8 Å². The summed E-state index contributed by atoms with van der Waals surface area (Å²) in [6.07, 6.45) is 0. The van der Waals surface area contributed by atoms with Crippen molar-refractivity contribution in [2.75, 3.05) is 5.32 Å². The minimum atomic E-state index is -0.331. The van der Waals surface area contributed by atoms with E-state index in [4.69, 9.17) is 23.2 Å². The highest BCUT2D eigenvalue weighted by Gasteiger charge is 2.12. The Morgan fingerprint density at radius 1 is 1.09 bits per heavy atom. The van der Waals surface area contributed by atoms with Gasteiger partial charge in [-0.1, -0.05) is 23.2 Å². The smallest absolute Gasteiger partial charge is 0.274 e. The van der Waals surface area contributed by atoms with Gasteiger partial charge in [-0.3, -0.25) is 4.79 Å². The second-order valence-electron chi connectivity index (χ2n) is 4.95. The molecule has 1 amide bonds. The number of benzene rings is 1. The molecule has 0 saturated carbocycles. The highest BCUT2D eigenvalue weighted by atomic mass is 35.5. The van der Waals surface area contributed by atoms with E-state index in [2.05, 4.69) is 15.4 Å². The standard InChI is InChI=1S/C15H12Cl2N4O/c1-8-3-14-19-13(4-9(2)21(14)20-8)15(22)18-12-6-10(16)5-11(17)7-12/h3-7H,1-2H3,(H,18,22). The van der Waals surface area contributed by atoms with Gasteiger partial charge in [0.1, 0.15) is 5.69 Å². The van der Waals surface area contributed by atoms with Gasteiger partial charge in [-0.15, -0.1) is 0 Å². The van der Waals surface area contributed by atoms with E-state index in [9.17, 15) is 4.79 Å². The van der Waals surface area contributed by atoms with Gasteiger partial charge in [-0.2, -0.15) is 5.10 Å². The molecule has 3 aromatic rings. The minimum absolute atomic E-state index is 0.306. The summed E-state index contributed by atoms with van der Waals surface area (Å²) < 4.78 is 1.70. The Labute approximate surface area is 136 Å².